The van der Waals surface area contributed by atoms with Crippen LogP contribution < -0.4 is 5.73 Å². The second-order valence-electron chi connectivity index (χ2n) is 5.77. The summed E-state index contributed by atoms with van der Waals surface area (Å²) in [5, 5.41) is 0. The highest BCUT2D eigenvalue weighted by Crippen LogP contribution is 2.22. The minimum atomic E-state index is -0.00305. The predicted octanol–water partition coefficient (Wildman–Crippen LogP) is 2.73. The highest BCUT2D eigenvalue weighted by Gasteiger charge is 2.15. The lowest BCUT2D eigenvalue weighted by atomic mass is 9.86. The fraction of sp³-hybridized carbons (Fsp3) is 0.467. The van der Waals surface area contributed by atoms with E-state index in [1.165, 1.54) is 5.56 Å². The van der Waals surface area contributed by atoms with Gasteiger partial charge >= 0.3 is 0 Å². The number of hydrogen-bond donors (Lipinski definition) is 1. The fourth-order valence-corrected chi connectivity index (χ4v) is 1.80. The van der Waals surface area contributed by atoms with Crippen molar-refractivity contribution in [2.45, 2.75) is 32.6 Å². The molecule has 0 saturated carbocycles. The number of hydrogen-bond acceptors (Lipinski definition) is 2. The molecule has 0 aliphatic heterocycles. The van der Waals surface area contributed by atoms with Crippen LogP contribution in [0.15, 0.2) is 24.3 Å². The second-order valence-corrected chi connectivity index (χ2v) is 6.29. The summed E-state index contributed by atoms with van der Waals surface area (Å²) in [6, 6.07) is 7.77. The van der Waals surface area contributed by atoms with Crippen molar-refractivity contribution in [3.63, 3.8) is 0 Å². The molecule has 0 aliphatic rings. The van der Waals surface area contributed by atoms with E-state index >= 15 is 0 Å². The smallest absolute Gasteiger partial charge is 0.253 e. The van der Waals surface area contributed by atoms with Crippen LogP contribution >= 0.6 is 12.2 Å². The molecule has 1 aromatic carbocycles. The van der Waals surface area contributed by atoms with Crippen molar-refractivity contribution in [1.82, 2.24) is 4.90 Å². The normalized spacial score (nSPS) is 11.2. The summed E-state index contributed by atoms with van der Waals surface area (Å²) in [5.41, 5.74) is 7.45. The number of nitrogens with zero attached hydrogens (tertiary/aromatic N) is 1. The summed E-state index contributed by atoms with van der Waals surface area (Å²) >= 11 is 4.82. The van der Waals surface area contributed by atoms with E-state index in [0.29, 0.717) is 23.5 Å². The molecule has 0 fully saturated rings. The van der Waals surface area contributed by atoms with E-state index in [0.717, 1.165) is 0 Å². The number of carbonyl (C=O) groups excluding carboxylic acids is 1. The maximum absolute atomic E-state index is 12.2. The monoisotopic (exact) mass is 278 g/mol. The van der Waals surface area contributed by atoms with Gasteiger partial charge < -0.3 is 10.6 Å². The SMILES string of the molecule is CN(CCC(N)=S)C(=O)c1ccc(C(C)(C)C)cc1. The summed E-state index contributed by atoms with van der Waals surface area (Å²) in [5.74, 6) is -0.00305. The van der Waals surface area contributed by atoms with Gasteiger partial charge in [0.1, 0.15) is 0 Å². The third-order valence-electron chi connectivity index (χ3n) is 3.04. The molecule has 0 radical (unpaired) electrons. The van der Waals surface area contributed by atoms with Crippen LogP contribution in [0.5, 0.6) is 0 Å². The van der Waals surface area contributed by atoms with Crippen molar-refractivity contribution in [2.24, 2.45) is 5.73 Å². The maximum atomic E-state index is 12.2. The van der Waals surface area contributed by atoms with E-state index in [4.69, 9.17) is 18.0 Å². The van der Waals surface area contributed by atoms with Crippen LogP contribution in [0.2, 0.25) is 0 Å². The Kier molecular flexibility index (Phi) is 5.06. The number of nitrogens with two attached hydrogens (primary N) is 1. The molecule has 0 heterocycles. The van der Waals surface area contributed by atoms with Crippen LogP contribution in [0.3, 0.4) is 0 Å². The average Bonchev–Trinajstić information content (AvgIpc) is 2.34. The second kappa shape index (κ2) is 6.15. The van der Waals surface area contributed by atoms with Crippen LogP contribution in [0, 0.1) is 0 Å². The molecule has 0 saturated heterocycles. The zero-order chi connectivity index (χ0) is 14.6. The Hall–Kier alpha value is -1.42. The van der Waals surface area contributed by atoms with Gasteiger partial charge in [0.15, 0.2) is 0 Å². The molecular weight excluding hydrogens is 256 g/mol. The Morgan fingerprint density at radius 2 is 1.79 bits per heavy atom. The molecule has 0 aliphatic carbocycles. The van der Waals surface area contributed by atoms with Crippen molar-refractivity contribution in [2.75, 3.05) is 13.6 Å². The van der Waals surface area contributed by atoms with Gasteiger partial charge in [-0.15, -0.1) is 0 Å². The summed E-state index contributed by atoms with van der Waals surface area (Å²) in [6.45, 7) is 7.00. The van der Waals surface area contributed by atoms with Crippen LogP contribution in [-0.4, -0.2) is 29.4 Å². The topological polar surface area (TPSA) is 46.3 Å². The van der Waals surface area contributed by atoms with Crippen molar-refractivity contribution >= 4 is 23.1 Å². The van der Waals surface area contributed by atoms with Gasteiger partial charge in [0.2, 0.25) is 0 Å². The van der Waals surface area contributed by atoms with E-state index in [-0.39, 0.29) is 11.3 Å². The van der Waals surface area contributed by atoms with E-state index in [2.05, 4.69) is 20.8 Å². The molecule has 1 amide bonds. The molecule has 1 aromatic rings. The summed E-state index contributed by atoms with van der Waals surface area (Å²) in [7, 11) is 1.76. The first-order valence-electron chi connectivity index (χ1n) is 6.36. The number of rotatable bonds is 4. The number of carbonyl (C=O) groups is 1. The molecule has 1 rings (SSSR count). The Balaban J connectivity index is 2.75. The first-order chi connectivity index (χ1) is 8.71. The minimum absolute atomic E-state index is 0.00305. The van der Waals surface area contributed by atoms with E-state index in [1.807, 2.05) is 24.3 Å². The van der Waals surface area contributed by atoms with Gasteiger partial charge in [-0.25, -0.2) is 0 Å². The van der Waals surface area contributed by atoms with Gasteiger partial charge in [-0.05, 0) is 23.1 Å². The molecule has 3 nitrogen and oxygen atoms in total. The van der Waals surface area contributed by atoms with Crippen LogP contribution in [-0.2, 0) is 5.41 Å². The van der Waals surface area contributed by atoms with Crippen LogP contribution in [0.4, 0.5) is 0 Å². The van der Waals surface area contributed by atoms with Crippen LogP contribution in [0.1, 0.15) is 43.1 Å². The molecule has 0 aromatic heterocycles. The maximum Gasteiger partial charge on any atom is 0.253 e. The number of thiocarbonyl (C=S) groups is 1. The first-order valence-corrected chi connectivity index (χ1v) is 6.77. The van der Waals surface area contributed by atoms with Crippen LogP contribution in [0.25, 0.3) is 0 Å². The molecule has 2 N–H and O–H groups in total. The van der Waals surface area contributed by atoms with E-state index in [9.17, 15) is 4.79 Å². The third kappa shape index (κ3) is 4.63. The van der Waals surface area contributed by atoms with E-state index < -0.39 is 0 Å². The molecule has 4 heteroatoms. The summed E-state index contributed by atoms with van der Waals surface area (Å²) in [4.78, 5) is 14.2. The fourth-order valence-electron chi connectivity index (χ4n) is 1.71. The Bertz CT molecular complexity index is 460. The first kappa shape index (κ1) is 15.6. The molecule has 0 bridgehead atoms. The average molecular weight is 278 g/mol. The largest absolute Gasteiger partial charge is 0.393 e. The summed E-state index contributed by atoms with van der Waals surface area (Å²) in [6.07, 6.45) is 0.553. The van der Waals surface area contributed by atoms with Crippen molar-refractivity contribution in [1.29, 1.82) is 0 Å². The number of amides is 1. The third-order valence-corrected chi connectivity index (χ3v) is 3.24. The van der Waals surface area contributed by atoms with Gasteiger partial charge in [-0.1, -0.05) is 45.1 Å². The molecule has 0 atom stereocenters. The van der Waals surface area contributed by atoms with Gasteiger partial charge in [-0.3, -0.25) is 4.79 Å². The molecule has 104 valence electrons. The van der Waals surface area contributed by atoms with Crippen molar-refractivity contribution in [3.05, 3.63) is 35.4 Å². The van der Waals surface area contributed by atoms with Gasteiger partial charge in [-0.2, -0.15) is 0 Å². The zero-order valence-corrected chi connectivity index (χ0v) is 12.9. The Morgan fingerprint density at radius 3 is 2.21 bits per heavy atom. The van der Waals surface area contributed by atoms with Gasteiger partial charge in [0.05, 0.1) is 4.99 Å². The summed E-state index contributed by atoms with van der Waals surface area (Å²) < 4.78 is 0. The highest BCUT2D eigenvalue weighted by atomic mass is 32.1. The quantitative estimate of drug-likeness (QED) is 0.861. The minimum Gasteiger partial charge on any atom is -0.393 e. The Labute approximate surface area is 120 Å². The lowest BCUT2D eigenvalue weighted by Gasteiger charge is -2.20. The van der Waals surface area contributed by atoms with Crippen molar-refractivity contribution < 1.29 is 4.79 Å². The van der Waals surface area contributed by atoms with Crippen molar-refractivity contribution in [3.8, 4) is 0 Å². The molecule has 0 spiro atoms. The molecular formula is C15H22N2OS. The lowest BCUT2D eigenvalue weighted by Crippen LogP contribution is -2.30. The predicted molar refractivity (Wildman–Crippen MR) is 83.5 cm³/mol. The number of benzene rings is 1. The lowest BCUT2D eigenvalue weighted by molar-refractivity contribution is 0.0799. The highest BCUT2D eigenvalue weighted by molar-refractivity contribution is 7.80. The standard InChI is InChI=1S/C15H22N2OS/c1-15(2,3)12-7-5-11(6-8-12)14(18)17(4)10-9-13(16)19/h5-8H,9-10H2,1-4H3,(H2,16,19). The zero-order valence-electron chi connectivity index (χ0n) is 12.1. The van der Waals surface area contributed by atoms with Gasteiger partial charge in [0.25, 0.3) is 5.91 Å². The molecule has 19 heavy (non-hydrogen) atoms. The Morgan fingerprint density at radius 1 is 1.26 bits per heavy atom. The molecule has 0 unspecified atom stereocenters. The van der Waals surface area contributed by atoms with Gasteiger partial charge in [0, 0.05) is 25.6 Å². The van der Waals surface area contributed by atoms with E-state index in [1.54, 1.807) is 11.9 Å².